The fraction of sp³-hybridized carbons (Fsp3) is 0.105. The Morgan fingerprint density at radius 1 is 0.923 bits per heavy atom. The van der Waals surface area contributed by atoms with Gasteiger partial charge in [-0.2, -0.15) is 0 Å². The zero-order valence-corrected chi connectivity index (χ0v) is 16.1. The number of rotatable bonds is 5. The van der Waals surface area contributed by atoms with E-state index in [0.717, 1.165) is 16.8 Å². The van der Waals surface area contributed by atoms with Crippen molar-refractivity contribution in [3.8, 4) is 0 Å². The van der Waals surface area contributed by atoms with E-state index >= 15 is 0 Å². The van der Waals surface area contributed by atoms with E-state index < -0.39 is 0 Å². The lowest BCUT2D eigenvalue weighted by Gasteiger charge is -2.26. The number of benzene rings is 1. The lowest BCUT2D eigenvalue weighted by Crippen LogP contribution is -2.33. The van der Waals surface area contributed by atoms with Crippen LogP contribution in [0.2, 0.25) is 10.0 Å². The van der Waals surface area contributed by atoms with E-state index in [1.54, 1.807) is 30.7 Å². The zero-order valence-electron chi connectivity index (χ0n) is 13.8. The van der Waals surface area contributed by atoms with Crippen molar-refractivity contribution in [2.45, 2.75) is 13.1 Å². The minimum absolute atomic E-state index is 0.479. The Hall–Kier alpha value is -2.21. The number of nitrogens with zero attached hydrogens (tertiary/aromatic N) is 3. The number of nitrogens with one attached hydrogen (secondary N) is 1. The van der Waals surface area contributed by atoms with Gasteiger partial charge in [0.1, 0.15) is 0 Å². The third kappa shape index (κ3) is 5.14. The van der Waals surface area contributed by atoms with Crippen molar-refractivity contribution in [3.63, 3.8) is 0 Å². The molecule has 26 heavy (non-hydrogen) atoms. The molecule has 0 fully saturated rings. The molecule has 3 aromatic rings. The summed E-state index contributed by atoms with van der Waals surface area (Å²) in [5.41, 5.74) is 2.97. The molecule has 0 aliphatic carbocycles. The zero-order chi connectivity index (χ0) is 18.4. The van der Waals surface area contributed by atoms with Gasteiger partial charge >= 0.3 is 0 Å². The van der Waals surface area contributed by atoms with Gasteiger partial charge in [0, 0.05) is 43.6 Å². The molecule has 3 rings (SSSR count). The van der Waals surface area contributed by atoms with E-state index in [1.165, 1.54) is 0 Å². The highest BCUT2D eigenvalue weighted by molar-refractivity contribution is 7.80. The van der Waals surface area contributed by atoms with Crippen LogP contribution in [0, 0.1) is 0 Å². The van der Waals surface area contributed by atoms with Gasteiger partial charge in [0.05, 0.1) is 10.0 Å². The normalized spacial score (nSPS) is 10.4. The van der Waals surface area contributed by atoms with Crippen molar-refractivity contribution in [1.29, 1.82) is 0 Å². The van der Waals surface area contributed by atoms with Gasteiger partial charge in [0.25, 0.3) is 0 Å². The van der Waals surface area contributed by atoms with E-state index in [-0.39, 0.29) is 0 Å². The minimum Gasteiger partial charge on any atom is -0.340 e. The fourth-order valence-corrected chi connectivity index (χ4v) is 2.94. The van der Waals surface area contributed by atoms with E-state index in [0.29, 0.717) is 28.2 Å². The van der Waals surface area contributed by atoms with Crippen LogP contribution in [0.5, 0.6) is 0 Å². The smallest absolute Gasteiger partial charge is 0.174 e. The highest BCUT2D eigenvalue weighted by atomic mass is 35.5. The van der Waals surface area contributed by atoms with Crippen LogP contribution in [-0.2, 0) is 13.1 Å². The molecule has 132 valence electrons. The first kappa shape index (κ1) is 18.6. The Bertz CT molecular complexity index is 834. The van der Waals surface area contributed by atoms with Crippen LogP contribution in [0.3, 0.4) is 0 Å². The van der Waals surface area contributed by atoms with E-state index in [1.807, 2.05) is 36.5 Å². The number of anilines is 1. The van der Waals surface area contributed by atoms with Crippen LogP contribution >= 0.6 is 35.4 Å². The van der Waals surface area contributed by atoms with Crippen molar-refractivity contribution >= 4 is 46.2 Å². The average molecular weight is 403 g/mol. The fourth-order valence-electron chi connectivity index (χ4n) is 2.40. The maximum atomic E-state index is 6.09. The Labute approximate surface area is 167 Å². The Morgan fingerprint density at radius 3 is 2.38 bits per heavy atom. The van der Waals surface area contributed by atoms with Crippen molar-refractivity contribution in [2.24, 2.45) is 0 Å². The largest absolute Gasteiger partial charge is 0.340 e. The first-order chi connectivity index (χ1) is 12.6. The topological polar surface area (TPSA) is 41.0 Å². The summed E-state index contributed by atoms with van der Waals surface area (Å²) in [5, 5.41) is 4.80. The summed E-state index contributed by atoms with van der Waals surface area (Å²) < 4.78 is 0. The van der Waals surface area contributed by atoms with E-state index in [4.69, 9.17) is 35.4 Å². The second-order valence-electron chi connectivity index (χ2n) is 5.63. The van der Waals surface area contributed by atoms with Crippen LogP contribution in [0.1, 0.15) is 11.1 Å². The number of hydrogen-bond acceptors (Lipinski definition) is 3. The first-order valence-electron chi connectivity index (χ1n) is 7.90. The predicted octanol–water partition coefficient (Wildman–Crippen LogP) is 5.18. The molecule has 0 saturated heterocycles. The molecule has 1 N–H and O–H groups in total. The van der Waals surface area contributed by atoms with Gasteiger partial charge in [-0.25, -0.2) is 0 Å². The number of halogens is 2. The van der Waals surface area contributed by atoms with Crippen LogP contribution in [-0.4, -0.2) is 20.0 Å². The monoisotopic (exact) mass is 402 g/mol. The third-order valence-corrected chi connectivity index (χ3v) is 4.78. The number of thiocarbonyl (C=S) groups is 1. The highest BCUT2D eigenvalue weighted by Crippen LogP contribution is 2.25. The number of pyridine rings is 2. The molecule has 0 aliphatic rings. The third-order valence-electron chi connectivity index (χ3n) is 3.68. The molecular formula is C19H16Cl2N4S. The standard InChI is InChI=1S/C19H16Cl2N4S/c20-17-4-3-16(10-18(17)21)24-19(26)25(12-14-5-8-22-9-6-14)13-15-2-1-7-23-11-15/h1-11H,12-13H2,(H,24,26). The number of hydrogen-bond donors (Lipinski definition) is 1. The average Bonchev–Trinajstić information content (AvgIpc) is 2.66. The maximum Gasteiger partial charge on any atom is 0.174 e. The van der Waals surface area contributed by atoms with E-state index in [9.17, 15) is 0 Å². The maximum absolute atomic E-state index is 6.09. The second-order valence-corrected chi connectivity index (χ2v) is 6.83. The van der Waals surface area contributed by atoms with Gasteiger partial charge in [-0.05, 0) is 59.7 Å². The van der Waals surface area contributed by atoms with Gasteiger partial charge in [0.2, 0.25) is 0 Å². The molecule has 0 saturated carbocycles. The summed E-state index contributed by atoms with van der Waals surface area (Å²) in [6.07, 6.45) is 7.13. The summed E-state index contributed by atoms with van der Waals surface area (Å²) in [7, 11) is 0. The van der Waals surface area contributed by atoms with Gasteiger partial charge in [-0.1, -0.05) is 29.3 Å². The molecule has 0 unspecified atom stereocenters. The molecule has 0 amide bonds. The van der Waals surface area contributed by atoms with Crippen molar-refractivity contribution < 1.29 is 0 Å². The lowest BCUT2D eigenvalue weighted by atomic mass is 10.2. The molecular weight excluding hydrogens is 387 g/mol. The van der Waals surface area contributed by atoms with Gasteiger partial charge < -0.3 is 10.2 Å². The Balaban J connectivity index is 1.78. The molecule has 1 aromatic carbocycles. The van der Waals surface area contributed by atoms with Gasteiger partial charge in [0.15, 0.2) is 5.11 Å². The number of aromatic nitrogens is 2. The van der Waals surface area contributed by atoms with Crippen LogP contribution in [0.15, 0.2) is 67.3 Å². The van der Waals surface area contributed by atoms with E-state index in [2.05, 4.69) is 20.2 Å². The minimum atomic E-state index is 0.479. The lowest BCUT2D eigenvalue weighted by molar-refractivity contribution is 0.412. The molecule has 2 heterocycles. The second kappa shape index (κ2) is 8.94. The summed E-state index contributed by atoms with van der Waals surface area (Å²) in [6.45, 7) is 1.27. The van der Waals surface area contributed by atoms with Crippen LogP contribution in [0.25, 0.3) is 0 Å². The quantitative estimate of drug-likeness (QED) is 0.595. The molecule has 0 radical (unpaired) electrons. The van der Waals surface area contributed by atoms with Crippen LogP contribution in [0.4, 0.5) is 5.69 Å². The summed E-state index contributed by atoms with van der Waals surface area (Å²) in [5.74, 6) is 0. The van der Waals surface area contributed by atoms with Gasteiger partial charge in [-0.15, -0.1) is 0 Å². The first-order valence-corrected chi connectivity index (χ1v) is 9.07. The van der Waals surface area contributed by atoms with Crippen molar-refractivity contribution in [3.05, 3.63) is 88.4 Å². The molecule has 0 spiro atoms. The van der Waals surface area contributed by atoms with Crippen LogP contribution < -0.4 is 5.32 Å². The molecule has 7 heteroatoms. The van der Waals surface area contributed by atoms with Crippen molar-refractivity contribution in [2.75, 3.05) is 5.32 Å². The predicted molar refractivity (Wildman–Crippen MR) is 110 cm³/mol. The summed E-state index contributed by atoms with van der Waals surface area (Å²) in [4.78, 5) is 10.3. The summed E-state index contributed by atoms with van der Waals surface area (Å²) in [6, 6.07) is 13.2. The Kier molecular flexibility index (Phi) is 6.39. The molecule has 2 aromatic heterocycles. The van der Waals surface area contributed by atoms with Crippen molar-refractivity contribution in [1.82, 2.24) is 14.9 Å². The SMILES string of the molecule is S=C(Nc1ccc(Cl)c(Cl)c1)N(Cc1ccncc1)Cc1cccnc1. The molecule has 0 atom stereocenters. The Morgan fingerprint density at radius 2 is 1.69 bits per heavy atom. The molecule has 0 bridgehead atoms. The van der Waals surface area contributed by atoms with Gasteiger partial charge in [-0.3, -0.25) is 9.97 Å². The molecule has 0 aliphatic heterocycles. The molecule has 4 nitrogen and oxygen atoms in total. The summed E-state index contributed by atoms with van der Waals surface area (Å²) >= 11 is 17.7. The highest BCUT2D eigenvalue weighted by Gasteiger charge is 2.12.